The van der Waals surface area contributed by atoms with Gasteiger partial charge in [-0.2, -0.15) is 0 Å². The Morgan fingerprint density at radius 2 is 0.839 bits per heavy atom. The van der Waals surface area contributed by atoms with Crippen LogP contribution in [-0.4, -0.2) is 0 Å². The van der Waals surface area contributed by atoms with Crippen LogP contribution < -0.4 is 14.5 Å². The fourth-order valence-electron chi connectivity index (χ4n) is 9.13. The number of fused-ring (bicyclic) bond motifs is 5. The van der Waals surface area contributed by atoms with Crippen LogP contribution >= 0.6 is 0 Å². The Labute approximate surface area is 359 Å². The molecule has 1 aliphatic rings. The van der Waals surface area contributed by atoms with Gasteiger partial charge in [0.05, 0.1) is 5.69 Å². The summed E-state index contributed by atoms with van der Waals surface area (Å²) >= 11 is 0. The molecule has 11 aromatic rings. The molecule has 1 aromatic heterocycles. The van der Waals surface area contributed by atoms with Crippen molar-refractivity contribution in [1.29, 1.82) is 0 Å². The van der Waals surface area contributed by atoms with E-state index in [1.807, 2.05) is 12.1 Å². The lowest BCUT2D eigenvalue weighted by molar-refractivity contribution is 0.487. The number of ether oxygens (including phenoxy) is 1. The number of hydrogen-bond acceptors (Lipinski definition) is 4. The lowest BCUT2D eigenvalue weighted by Crippen LogP contribution is -2.11. The fourth-order valence-corrected chi connectivity index (χ4v) is 9.13. The molecule has 0 spiro atoms. The Balaban J connectivity index is 0.978. The molecule has 12 rings (SSSR count). The first-order valence-electron chi connectivity index (χ1n) is 21.0. The van der Waals surface area contributed by atoms with Crippen LogP contribution in [0.25, 0.3) is 66.1 Å². The monoisotopic (exact) mass is 794 g/mol. The van der Waals surface area contributed by atoms with Crippen LogP contribution in [0.15, 0.2) is 235 Å². The summed E-state index contributed by atoms with van der Waals surface area (Å²) in [5.41, 5.74) is 14.8. The molecule has 0 bridgehead atoms. The van der Waals surface area contributed by atoms with Gasteiger partial charge in [0, 0.05) is 67.9 Å². The van der Waals surface area contributed by atoms with E-state index < -0.39 is 0 Å². The van der Waals surface area contributed by atoms with Crippen molar-refractivity contribution in [3.8, 4) is 44.9 Å². The zero-order chi connectivity index (χ0) is 41.0. The molecule has 4 heteroatoms. The number of benzene rings is 10. The molecule has 0 saturated heterocycles. The highest BCUT2D eigenvalue weighted by molar-refractivity contribution is 6.10. The topological polar surface area (TPSA) is 28.9 Å². The van der Waals surface area contributed by atoms with Crippen molar-refractivity contribution in [3.63, 3.8) is 0 Å². The summed E-state index contributed by atoms with van der Waals surface area (Å²) in [6.45, 7) is 0. The van der Waals surface area contributed by atoms with E-state index in [1.54, 1.807) is 0 Å². The van der Waals surface area contributed by atoms with Crippen molar-refractivity contribution in [2.45, 2.75) is 0 Å². The molecule has 0 radical (unpaired) electrons. The van der Waals surface area contributed by atoms with E-state index in [0.29, 0.717) is 0 Å². The van der Waals surface area contributed by atoms with E-state index in [2.05, 4.69) is 228 Å². The summed E-state index contributed by atoms with van der Waals surface area (Å²) in [5, 5.41) is 4.46. The average molecular weight is 795 g/mol. The third-order valence-electron chi connectivity index (χ3n) is 12.0. The van der Waals surface area contributed by atoms with E-state index in [0.717, 1.165) is 106 Å². The van der Waals surface area contributed by atoms with E-state index in [9.17, 15) is 0 Å². The smallest absolute Gasteiger partial charge is 0.143 e. The van der Waals surface area contributed by atoms with Crippen molar-refractivity contribution in [3.05, 3.63) is 231 Å². The maximum absolute atomic E-state index is 7.03. The van der Waals surface area contributed by atoms with Gasteiger partial charge in [-0.3, -0.25) is 0 Å². The van der Waals surface area contributed by atoms with E-state index in [-0.39, 0.29) is 0 Å². The molecule has 292 valence electrons. The highest BCUT2D eigenvalue weighted by Crippen LogP contribution is 2.51. The number of para-hydroxylation sites is 4. The Bertz CT molecular complexity index is 3380. The van der Waals surface area contributed by atoms with Gasteiger partial charge in [-0.1, -0.05) is 146 Å². The Hall–Kier alpha value is -8.34. The highest BCUT2D eigenvalue weighted by Gasteiger charge is 2.25. The van der Waals surface area contributed by atoms with Gasteiger partial charge >= 0.3 is 0 Å². The van der Waals surface area contributed by atoms with Crippen LogP contribution in [0.4, 0.5) is 34.1 Å². The molecule has 1 aliphatic heterocycles. The maximum Gasteiger partial charge on any atom is 0.143 e. The summed E-state index contributed by atoms with van der Waals surface area (Å²) < 4.78 is 13.5. The first kappa shape index (κ1) is 35.6. The first-order chi connectivity index (χ1) is 30.7. The molecule has 0 amide bonds. The number of furan rings is 1. The minimum atomic E-state index is 0.819. The van der Waals surface area contributed by atoms with Crippen LogP contribution in [0.5, 0.6) is 11.5 Å². The number of nitrogens with zero attached hydrogens (tertiary/aromatic N) is 2. The second kappa shape index (κ2) is 14.7. The van der Waals surface area contributed by atoms with Gasteiger partial charge in [0.25, 0.3) is 0 Å². The van der Waals surface area contributed by atoms with E-state index >= 15 is 0 Å². The molecule has 62 heavy (non-hydrogen) atoms. The second-order valence-corrected chi connectivity index (χ2v) is 15.7. The van der Waals surface area contributed by atoms with Gasteiger partial charge in [0.15, 0.2) is 0 Å². The highest BCUT2D eigenvalue weighted by atomic mass is 16.5. The lowest BCUT2D eigenvalue weighted by atomic mass is 9.93. The lowest BCUT2D eigenvalue weighted by Gasteiger charge is -2.30. The molecule has 0 N–H and O–H groups in total. The van der Waals surface area contributed by atoms with Crippen LogP contribution in [-0.2, 0) is 0 Å². The largest absolute Gasteiger partial charge is 0.456 e. The summed E-state index contributed by atoms with van der Waals surface area (Å²) in [6, 6.07) is 81.4. The summed E-state index contributed by atoms with van der Waals surface area (Å²) in [5.74, 6) is 1.64. The van der Waals surface area contributed by atoms with Crippen molar-refractivity contribution in [1.82, 2.24) is 0 Å². The second-order valence-electron chi connectivity index (χ2n) is 15.7. The van der Waals surface area contributed by atoms with Crippen molar-refractivity contribution in [2.75, 3.05) is 9.80 Å². The predicted molar refractivity (Wildman–Crippen MR) is 257 cm³/mol. The van der Waals surface area contributed by atoms with Gasteiger partial charge in [0.1, 0.15) is 22.7 Å². The maximum atomic E-state index is 7.03. The Morgan fingerprint density at radius 3 is 1.56 bits per heavy atom. The predicted octanol–water partition coefficient (Wildman–Crippen LogP) is 16.8. The summed E-state index contributed by atoms with van der Waals surface area (Å²) in [4.78, 5) is 4.60. The molecule has 0 aliphatic carbocycles. The van der Waals surface area contributed by atoms with Crippen LogP contribution in [0.2, 0.25) is 0 Å². The SMILES string of the molecule is c1ccc(-c2ccc(N(c3ccc(-c4cccc5c4oc4ccccc45)cc3)c3cc4c5c(cccc5c3)-c3ccc(N(c5ccccc5)c5ccccc5)cc3O4)cc2)cc1. The molecule has 4 nitrogen and oxygen atoms in total. The standard InChI is InChI=1S/C58H38N2O2/c1-4-14-39(15-5-1)40-26-30-45(31-27-40)60(46-32-28-41(29-33-46)49-22-13-24-53-50-21-10-11-25-54(50)62-58(49)53)48-36-42-16-12-23-52-51-35-34-47(37-55(51)61-56(38-48)57(42)52)59(43-17-6-2-7-18-43)44-19-8-3-9-20-44/h1-38H. The quantitative estimate of drug-likeness (QED) is 0.153. The molecule has 0 fully saturated rings. The minimum Gasteiger partial charge on any atom is -0.456 e. The van der Waals surface area contributed by atoms with E-state index in [1.165, 1.54) is 5.56 Å². The molecule has 0 atom stereocenters. The Kier molecular flexibility index (Phi) is 8.46. The summed E-state index contributed by atoms with van der Waals surface area (Å²) in [7, 11) is 0. The summed E-state index contributed by atoms with van der Waals surface area (Å²) in [6.07, 6.45) is 0. The first-order valence-corrected chi connectivity index (χ1v) is 21.0. The average Bonchev–Trinajstić information content (AvgIpc) is 3.72. The van der Waals surface area contributed by atoms with Crippen LogP contribution in [0, 0.1) is 0 Å². The van der Waals surface area contributed by atoms with Crippen molar-refractivity contribution >= 4 is 66.8 Å². The molecule has 10 aromatic carbocycles. The molecule has 0 unspecified atom stereocenters. The normalized spacial score (nSPS) is 11.7. The molecular formula is C58H38N2O2. The molecular weight excluding hydrogens is 757 g/mol. The number of anilines is 6. The van der Waals surface area contributed by atoms with Crippen LogP contribution in [0.1, 0.15) is 0 Å². The molecule has 2 heterocycles. The van der Waals surface area contributed by atoms with Crippen molar-refractivity contribution < 1.29 is 9.15 Å². The van der Waals surface area contributed by atoms with Gasteiger partial charge in [-0.25, -0.2) is 0 Å². The zero-order valence-electron chi connectivity index (χ0n) is 33.7. The van der Waals surface area contributed by atoms with E-state index in [4.69, 9.17) is 9.15 Å². The van der Waals surface area contributed by atoms with Crippen LogP contribution in [0.3, 0.4) is 0 Å². The van der Waals surface area contributed by atoms with Gasteiger partial charge < -0.3 is 19.0 Å². The Morgan fingerprint density at radius 1 is 0.306 bits per heavy atom. The number of hydrogen-bond donors (Lipinski definition) is 0. The minimum absolute atomic E-state index is 0.819. The van der Waals surface area contributed by atoms with Gasteiger partial charge in [-0.05, 0) is 100 Å². The molecule has 0 saturated carbocycles. The fraction of sp³-hybridized carbons (Fsp3) is 0. The third-order valence-corrected chi connectivity index (χ3v) is 12.0. The third kappa shape index (κ3) is 6.08. The van der Waals surface area contributed by atoms with Crippen molar-refractivity contribution in [2.24, 2.45) is 0 Å². The van der Waals surface area contributed by atoms with Gasteiger partial charge in [-0.15, -0.1) is 0 Å². The number of rotatable bonds is 8. The zero-order valence-corrected chi connectivity index (χ0v) is 33.7. The van der Waals surface area contributed by atoms with Gasteiger partial charge in [0.2, 0.25) is 0 Å².